The van der Waals surface area contributed by atoms with Gasteiger partial charge in [-0.3, -0.25) is 14.7 Å². The van der Waals surface area contributed by atoms with Gasteiger partial charge in [0.05, 0.1) is 5.69 Å². The zero-order valence-electron chi connectivity index (χ0n) is 20.7. The van der Waals surface area contributed by atoms with Crippen LogP contribution in [0.15, 0.2) is 79.3 Å². The Kier molecular flexibility index (Phi) is 7.55. The lowest BCUT2D eigenvalue weighted by Gasteiger charge is -2.27. The number of piperazine rings is 1. The van der Waals surface area contributed by atoms with Crippen molar-refractivity contribution in [1.82, 2.24) is 25.2 Å². The summed E-state index contributed by atoms with van der Waals surface area (Å²) in [6.45, 7) is 7.23. The fraction of sp³-hybridized carbons (Fsp3) is 0.267. The average Bonchev–Trinajstić information content (AvgIpc) is 2.92. The van der Waals surface area contributed by atoms with Crippen LogP contribution in [0.5, 0.6) is 0 Å². The highest BCUT2D eigenvalue weighted by Gasteiger charge is 2.13. The summed E-state index contributed by atoms with van der Waals surface area (Å²) in [7, 11) is 0. The van der Waals surface area contributed by atoms with Crippen molar-refractivity contribution in [3.05, 3.63) is 113 Å². The maximum absolute atomic E-state index is 13.0. The second kappa shape index (κ2) is 11.3. The molecule has 0 radical (unpaired) electrons. The molecule has 0 unspecified atom stereocenters. The molecule has 4 aromatic rings. The largest absolute Gasteiger partial charge is 0.314 e. The number of hydrogen-bond acceptors (Lipinski definition) is 6. The van der Waals surface area contributed by atoms with Crippen molar-refractivity contribution in [3.8, 4) is 11.3 Å². The van der Waals surface area contributed by atoms with Crippen LogP contribution in [0.2, 0.25) is 0 Å². The minimum absolute atomic E-state index is 0.133. The van der Waals surface area contributed by atoms with Gasteiger partial charge in [0, 0.05) is 75.3 Å². The van der Waals surface area contributed by atoms with E-state index in [-0.39, 0.29) is 5.78 Å². The van der Waals surface area contributed by atoms with Crippen LogP contribution in [0.1, 0.15) is 38.4 Å². The molecule has 1 N–H and O–H groups in total. The van der Waals surface area contributed by atoms with Crippen molar-refractivity contribution in [2.24, 2.45) is 0 Å². The molecule has 1 aliphatic heterocycles. The molecule has 1 aliphatic rings. The van der Waals surface area contributed by atoms with Crippen LogP contribution < -0.4 is 5.32 Å². The van der Waals surface area contributed by atoms with E-state index in [4.69, 9.17) is 4.98 Å². The van der Waals surface area contributed by atoms with E-state index in [1.165, 1.54) is 11.1 Å². The maximum Gasteiger partial charge on any atom is 0.167 e. The van der Waals surface area contributed by atoms with Gasteiger partial charge in [0.2, 0.25) is 0 Å². The first-order valence-corrected chi connectivity index (χ1v) is 12.5. The molecule has 36 heavy (non-hydrogen) atoms. The lowest BCUT2D eigenvalue weighted by Crippen LogP contribution is -2.42. The number of pyridine rings is 1. The van der Waals surface area contributed by atoms with Gasteiger partial charge < -0.3 is 5.32 Å². The summed E-state index contributed by atoms with van der Waals surface area (Å²) in [5.74, 6) is 0.886. The molecule has 0 atom stereocenters. The van der Waals surface area contributed by atoms with Crippen LogP contribution in [0.25, 0.3) is 11.3 Å². The number of aromatic nitrogens is 3. The fourth-order valence-corrected chi connectivity index (χ4v) is 4.57. The predicted octanol–water partition coefficient (Wildman–Crippen LogP) is 4.27. The molecule has 182 valence electrons. The van der Waals surface area contributed by atoms with Crippen molar-refractivity contribution in [2.75, 3.05) is 26.2 Å². The zero-order chi connectivity index (χ0) is 24.7. The number of carbonyl (C=O) groups excluding carboxylic acids is 1. The van der Waals surface area contributed by atoms with E-state index in [0.717, 1.165) is 66.5 Å². The molecule has 2 aromatic heterocycles. The summed E-state index contributed by atoms with van der Waals surface area (Å²) >= 11 is 0. The first-order chi connectivity index (χ1) is 17.6. The fourth-order valence-electron chi connectivity index (χ4n) is 4.57. The number of ketones is 1. The van der Waals surface area contributed by atoms with Gasteiger partial charge in [-0.05, 0) is 47.4 Å². The van der Waals surface area contributed by atoms with Crippen molar-refractivity contribution in [3.63, 3.8) is 0 Å². The minimum atomic E-state index is 0.133. The number of aryl methyl sites for hydroxylation is 1. The quantitative estimate of drug-likeness (QED) is 0.382. The second-order valence-electron chi connectivity index (χ2n) is 9.36. The van der Waals surface area contributed by atoms with Crippen LogP contribution in [-0.2, 0) is 19.4 Å². The molecule has 1 saturated heterocycles. The molecule has 0 aliphatic carbocycles. The van der Waals surface area contributed by atoms with Gasteiger partial charge >= 0.3 is 0 Å². The normalized spacial score (nSPS) is 14.0. The molecule has 2 aromatic carbocycles. The Bertz CT molecular complexity index is 1320. The number of carbonyl (C=O) groups is 1. The molecule has 0 spiro atoms. The van der Waals surface area contributed by atoms with E-state index < -0.39 is 0 Å². The Hall–Kier alpha value is -3.74. The highest BCUT2D eigenvalue weighted by Crippen LogP contribution is 2.19. The predicted molar refractivity (Wildman–Crippen MR) is 142 cm³/mol. The number of hydrogen-bond donors (Lipinski definition) is 1. The van der Waals surface area contributed by atoms with Crippen LogP contribution in [-0.4, -0.2) is 51.8 Å². The molecule has 0 amide bonds. The van der Waals surface area contributed by atoms with Gasteiger partial charge in [-0.1, -0.05) is 42.5 Å². The molecule has 6 heteroatoms. The van der Waals surface area contributed by atoms with Gasteiger partial charge in [-0.2, -0.15) is 0 Å². The third-order valence-electron chi connectivity index (χ3n) is 6.68. The molecule has 6 nitrogen and oxygen atoms in total. The Balaban J connectivity index is 1.25. The van der Waals surface area contributed by atoms with Crippen LogP contribution in [0.3, 0.4) is 0 Å². The third-order valence-corrected chi connectivity index (χ3v) is 6.68. The summed E-state index contributed by atoms with van der Waals surface area (Å²) < 4.78 is 0. The summed E-state index contributed by atoms with van der Waals surface area (Å²) in [5.41, 5.74) is 7.14. The third kappa shape index (κ3) is 6.08. The standard InChI is InChI=1S/C30H31N5O/c1-22-4-5-24(17-27(22)19-30-33-12-10-28(34-30)26-3-2-11-32-20-26)18-29(36)25-8-6-23(7-9-25)21-35-15-13-31-14-16-35/h2-12,17,20,31H,13-16,18-19,21H2,1H3. The first kappa shape index (κ1) is 24.0. The molecular formula is C30H31N5O. The number of rotatable bonds is 8. The van der Waals surface area contributed by atoms with Crippen LogP contribution in [0, 0.1) is 6.92 Å². The number of nitrogens with zero attached hydrogens (tertiary/aromatic N) is 4. The SMILES string of the molecule is Cc1ccc(CC(=O)c2ccc(CN3CCNCC3)cc2)cc1Cc1nccc(-c2cccnc2)n1. The number of Topliss-reactive ketones (excluding diaryl/α,β-unsaturated/α-hetero) is 1. The summed E-state index contributed by atoms with van der Waals surface area (Å²) in [6.07, 6.45) is 6.34. The summed E-state index contributed by atoms with van der Waals surface area (Å²) in [6, 6.07) is 20.1. The van der Waals surface area contributed by atoms with E-state index in [1.807, 2.05) is 36.4 Å². The minimum Gasteiger partial charge on any atom is -0.314 e. The number of nitrogens with one attached hydrogen (secondary N) is 1. The Morgan fingerprint density at radius 2 is 1.78 bits per heavy atom. The molecule has 5 rings (SSSR count). The average molecular weight is 478 g/mol. The molecule has 3 heterocycles. The van der Waals surface area contributed by atoms with Crippen LogP contribution >= 0.6 is 0 Å². The zero-order valence-corrected chi connectivity index (χ0v) is 20.7. The van der Waals surface area contributed by atoms with Gasteiger partial charge in [-0.25, -0.2) is 9.97 Å². The van der Waals surface area contributed by atoms with E-state index in [2.05, 4.69) is 51.4 Å². The molecule has 0 saturated carbocycles. The molecule has 0 bridgehead atoms. The second-order valence-corrected chi connectivity index (χ2v) is 9.36. The lowest BCUT2D eigenvalue weighted by atomic mass is 9.97. The van der Waals surface area contributed by atoms with Gasteiger partial charge in [0.25, 0.3) is 0 Å². The summed E-state index contributed by atoms with van der Waals surface area (Å²) in [5, 5.41) is 3.38. The van der Waals surface area contributed by atoms with E-state index >= 15 is 0 Å². The van der Waals surface area contributed by atoms with Crippen LogP contribution in [0.4, 0.5) is 0 Å². The Labute approximate surface area is 212 Å². The van der Waals surface area contributed by atoms with Gasteiger partial charge in [-0.15, -0.1) is 0 Å². The number of benzene rings is 2. The van der Waals surface area contributed by atoms with Crippen molar-refractivity contribution < 1.29 is 4.79 Å². The van der Waals surface area contributed by atoms with E-state index in [0.29, 0.717) is 12.8 Å². The maximum atomic E-state index is 13.0. The van der Waals surface area contributed by atoms with Gasteiger partial charge in [0.1, 0.15) is 5.82 Å². The monoisotopic (exact) mass is 477 g/mol. The Morgan fingerprint density at radius 3 is 2.56 bits per heavy atom. The molecule has 1 fully saturated rings. The lowest BCUT2D eigenvalue weighted by molar-refractivity contribution is 0.0993. The van der Waals surface area contributed by atoms with Crippen molar-refractivity contribution in [1.29, 1.82) is 0 Å². The highest BCUT2D eigenvalue weighted by molar-refractivity contribution is 5.97. The van der Waals surface area contributed by atoms with Gasteiger partial charge in [0.15, 0.2) is 5.78 Å². The highest BCUT2D eigenvalue weighted by atomic mass is 16.1. The summed E-state index contributed by atoms with van der Waals surface area (Å²) in [4.78, 5) is 28.9. The van der Waals surface area contributed by atoms with Crippen molar-refractivity contribution >= 4 is 5.78 Å². The smallest absolute Gasteiger partial charge is 0.167 e. The first-order valence-electron chi connectivity index (χ1n) is 12.5. The molecular weight excluding hydrogens is 446 g/mol. The van der Waals surface area contributed by atoms with E-state index in [9.17, 15) is 4.79 Å². The van der Waals surface area contributed by atoms with E-state index in [1.54, 1.807) is 18.6 Å². The Morgan fingerprint density at radius 1 is 0.972 bits per heavy atom. The topological polar surface area (TPSA) is 71.0 Å². The van der Waals surface area contributed by atoms with Crippen molar-refractivity contribution in [2.45, 2.75) is 26.3 Å².